The number of hydrogen-bond donors (Lipinski definition) is 1. The molecule has 1 aromatic heterocycles. The number of hydrogen-bond acceptors (Lipinski definition) is 6. The molecule has 0 aliphatic rings. The predicted molar refractivity (Wildman–Crippen MR) is 165 cm³/mol. The number of carbonyl (C=O) groups is 1. The first-order valence-electron chi connectivity index (χ1n) is 13.4. The molecule has 1 amide bonds. The van der Waals surface area contributed by atoms with Crippen molar-refractivity contribution in [2.24, 2.45) is 0 Å². The van der Waals surface area contributed by atoms with Crippen molar-refractivity contribution in [1.29, 1.82) is 0 Å². The van der Waals surface area contributed by atoms with E-state index >= 15 is 0 Å². The Morgan fingerprint density at radius 3 is 2.41 bits per heavy atom. The number of carbonyl (C=O) groups excluding carboxylic acids is 1. The third-order valence-electron chi connectivity index (χ3n) is 6.97. The number of anilines is 1. The number of benzene rings is 4. The van der Waals surface area contributed by atoms with Gasteiger partial charge in [-0.25, -0.2) is 4.98 Å². The first kappa shape index (κ1) is 28.2. The molecule has 0 fully saturated rings. The van der Waals surface area contributed by atoms with Gasteiger partial charge in [0.2, 0.25) is 0 Å². The Bertz CT molecular complexity index is 1670. The minimum absolute atomic E-state index is 0.251. The largest absolute Gasteiger partial charge is 0.493 e. The highest BCUT2D eigenvalue weighted by molar-refractivity contribution is 6.40. The monoisotopic (exact) mass is 569 g/mol. The van der Waals surface area contributed by atoms with Gasteiger partial charge in [0.15, 0.2) is 11.5 Å². The molecule has 7 nitrogen and oxygen atoms in total. The zero-order valence-corrected chi connectivity index (χ0v) is 24.1. The Kier molecular flexibility index (Phi) is 8.87. The van der Waals surface area contributed by atoms with Crippen LogP contribution in [0.1, 0.15) is 15.9 Å². The van der Waals surface area contributed by atoms with Gasteiger partial charge in [0, 0.05) is 29.5 Å². The van der Waals surface area contributed by atoms with Crippen LogP contribution in [0.2, 0.25) is 5.02 Å². The van der Waals surface area contributed by atoms with E-state index in [-0.39, 0.29) is 5.91 Å². The molecule has 0 atom stereocenters. The summed E-state index contributed by atoms with van der Waals surface area (Å²) in [5, 5.41) is 5.16. The zero-order chi connectivity index (χ0) is 28.8. The quantitative estimate of drug-likeness (QED) is 0.175. The van der Waals surface area contributed by atoms with Gasteiger partial charge < -0.3 is 24.4 Å². The first-order valence-corrected chi connectivity index (χ1v) is 13.7. The molecule has 0 saturated carbocycles. The fourth-order valence-corrected chi connectivity index (χ4v) is 4.98. The van der Waals surface area contributed by atoms with Gasteiger partial charge in [0.05, 0.1) is 35.8 Å². The number of amides is 1. The third-order valence-corrected chi connectivity index (χ3v) is 7.38. The van der Waals surface area contributed by atoms with Gasteiger partial charge in [0.25, 0.3) is 5.91 Å². The van der Waals surface area contributed by atoms with E-state index in [9.17, 15) is 4.79 Å². The molecule has 0 bridgehead atoms. The van der Waals surface area contributed by atoms with E-state index < -0.39 is 0 Å². The van der Waals surface area contributed by atoms with Gasteiger partial charge in [-0.15, -0.1) is 0 Å². The number of ether oxygens (including phenoxy) is 3. The molecule has 1 heterocycles. The second kappa shape index (κ2) is 12.9. The zero-order valence-electron chi connectivity index (χ0n) is 23.3. The van der Waals surface area contributed by atoms with Crippen LogP contribution in [0.15, 0.2) is 84.9 Å². The summed E-state index contributed by atoms with van der Waals surface area (Å²) in [6, 6.07) is 26.5. The molecule has 4 aromatic carbocycles. The SMILES string of the molecule is COc1ccc(CCN(C)CCOc2ccc(NC(=O)c3cccc4c(Cl)c5ccccc5nc34)cc2)cc1OC. The van der Waals surface area contributed by atoms with E-state index in [1.54, 1.807) is 20.3 Å². The van der Waals surface area contributed by atoms with Gasteiger partial charge in [-0.3, -0.25) is 4.79 Å². The van der Waals surface area contributed by atoms with Gasteiger partial charge >= 0.3 is 0 Å². The lowest BCUT2D eigenvalue weighted by Crippen LogP contribution is -2.26. The van der Waals surface area contributed by atoms with Crippen molar-refractivity contribution in [2.45, 2.75) is 6.42 Å². The van der Waals surface area contributed by atoms with E-state index in [0.29, 0.717) is 28.4 Å². The lowest BCUT2D eigenvalue weighted by Gasteiger charge is -2.17. The maximum absolute atomic E-state index is 13.2. The van der Waals surface area contributed by atoms with E-state index in [1.807, 2.05) is 72.8 Å². The summed E-state index contributed by atoms with van der Waals surface area (Å²) in [5.74, 6) is 1.95. The van der Waals surface area contributed by atoms with Crippen LogP contribution in [0.3, 0.4) is 0 Å². The van der Waals surface area contributed by atoms with E-state index in [1.165, 1.54) is 5.56 Å². The van der Waals surface area contributed by atoms with Crippen molar-refractivity contribution in [3.05, 3.63) is 101 Å². The number of aromatic nitrogens is 1. The van der Waals surface area contributed by atoms with Crippen molar-refractivity contribution in [3.8, 4) is 17.2 Å². The fraction of sp³-hybridized carbons (Fsp3) is 0.212. The van der Waals surface area contributed by atoms with Crippen LogP contribution in [0.4, 0.5) is 5.69 Å². The molecule has 0 spiro atoms. The number of para-hydroxylation sites is 2. The fourth-order valence-electron chi connectivity index (χ4n) is 4.67. The molecule has 210 valence electrons. The Balaban J connectivity index is 1.14. The number of fused-ring (bicyclic) bond motifs is 2. The standard InChI is InChI=1S/C33H32ClN3O4/c1-37(18-17-22-11-16-29(39-2)30(21-22)40-3)19-20-41-24-14-12-23(13-15-24)35-33(38)27-9-6-8-26-31(34)25-7-4-5-10-28(25)36-32(26)27/h4-16,21H,17-20H2,1-3H3,(H,35,38). The number of nitrogens with zero attached hydrogens (tertiary/aromatic N) is 2. The first-order chi connectivity index (χ1) is 20.0. The second-order valence-electron chi connectivity index (χ2n) is 9.71. The molecule has 5 aromatic rings. The van der Waals surface area contributed by atoms with Crippen LogP contribution >= 0.6 is 11.6 Å². The third kappa shape index (κ3) is 6.53. The summed E-state index contributed by atoms with van der Waals surface area (Å²) < 4.78 is 16.6. The maximum Gasteiger partial charge on any atom is 0.257 e. The van der Waals surface area contributed by atoms with Crippen LogP contribution < -0.4 is 19.5 Å². The van der Waals surface area contributed by atoms with Crippen molar-refractivity contribution >= 4 is 45.0 Å². The summed E-state index contributed by atoms with van der Waals surface area (Å²) in [4.78, 5) is 20.1. The van der Waals surface area contributed by atoms with Crippen molar-refractivity contribution in [1.82, 2.24) is 9.88 Å². The topological polar surface area (TPSA) is 72.9 Å². The minimum Gasteiger partial charge on any atom is -0.493 e. The number of rotatable bonds is 11. The highest BCUT2D eigenvalue weighted by Gasteiger charge is 2.15. The van der Waals surface area contributed by atoms with Crippen LogP contribution in [-0.2, 0) is 6.42 Å². The molecule has 0 radical (unpaired) electrons. The average molecular weight is 570 g/mol. The van der Waals surface area contributed by atoms with Gasteiger partial charge in [0.1, 0.15) is 12.4 Å². The molecule has 8 heteroatoms. The van der Waals surface area contributed by atoms with Crippen LogP contribution in [-0.4, -0.2) is 56.8 Å². The summed E-state index contributed by atoms with van der Waals surface area (Å²) in [5.41, 5.74) is 3.64. The molecule has 41 heavy (non-hydrogen) atoms. The molecule has 0 aliphatic carbocycles. The normalized spacial score (nSPS) is 11.1. The lowest BCUT2D eigenvalue weighted by atomic mass is 10.1. The smallest absolute Gasteiger partial charge is 0.257 e. The molecule has 0 unspecified atom stereocenters. The molecule has 1 N–H and O–H groups in total. The number of pyridine rings is 1. The van der Waals surface area contributed by atoms with E-state index in [0.717, 1.165) is 53.0 Å². The molecule has 5 rings (SSSR count). The van der Waals surface area contributed by atoms with E-state index in [2.05, 4.69) is 23.3 Å². The Morgan fingerprint density at radius 1 is 0.878 bits per heavy atom. The lowest BCUT2D eigenvalue weighted by molar-refractivity contribution is 0.102. The minimum atomic E-state index is -0.251. The predicted octanol–water partition coefficient (Wildman–Crippen LogP) is 6.86. The summed E-state index contributed by atoms with van der Waals surface area (Å²) in [6.45, 7) is 2.20. The number of likely N-dealkylation sites (N-methyl/N-ethyl adjacent to an activating group) is 1. The van der Waals surface area contributed by atoms with Crippen LogP contribution in [0.5, 0.6) is 17.2 Å². The Hall–Kier alpha value is -4.33. The van der Waals surface area contributed by atoms with Gasteiger partial charge in [-0.05, 0) is 67.6 Å². The van der Waals surface area contributed by atoms with E-state index in [4.69, 9.17) is 30.8 Å². The molecular formula is C33H32ClN3O4. The van der Waals surface area contributed by atoms with Crippen LogP contribution in [0.25, 0.3) is 21.8 Å². The van der Waals surface area contributed by atoms with Crippen molar-refractivity contribution in [3.63, 3.8) is 0 Å². The average Bonchev–Trinajstić information content (AvgIpc) is 3.00. The maximum atomic E-state index is 13.2. The second-order valence-corrected chi connectivity index (χ2v) is 10.1. The van der Waals surface area contributed by atoms with Gasteiger partial charge in [-0.2, -0.15) is 0 Å². The highest BCUT2D eigenvalue weighted by Crippen LogP contribution is 2.32. The van der Waals surface area contributed by atoms with Crippen molar-refractivity contribution in [2.75, 3.05) is 46.3 Å². The molecule has 0 saturated heterocycles. The molecule has 0 aliphatic heterocycles. The summed E-state index contributed by atoms with van der Waals surface area (Å²) in [7, 11) is 5.35. The molecular weight excluding hydrogens is 538 g/mol. The van der Waals surface area contributed by atoms with Crippen molar-refractivity contribution < 1.29 is 19.0 Å². The number of halogens is 1. The summed E-state index contributed by atoms with van der Waals surface area (Å²) in [6.07, 6.45) is 0.889. The number of methoxy groups -OCH3 is 2. The van der Waals surface area contributed by atoms with Gasteiger partial charge in [-0.1, -0.05) is 48.0 Å². The Morgan fingerprint density at radius 2 is 1.63 bits per heavy atom. The highest BCUT2D eigenvalue weighted by atomic mass is 35.5. The number of nitrogens with one attached hydrogen (secondary N) is 1. The van der Waals surface area contributed by atoms with Crippen LogP contribution in [0, 0.1) is 0 Å². The Labute approximate surface area is 244 Å². The summed E-state index contributed by atoms with van der Waals surface area (Å²) >= 11 is 6.66.